The predicted octanol–water partition coefficient (Wildman–Crippen LogP) is 4.34. The van der Waals surface area contributed by atoms with Crippen molar-refractivity contribution in [2.24, 2.45) is 0 Å². The van der Waals surface area contributed by atoms with Crippen molar-refractivity contribution in [2.75, 3.05) is 40.4 Å². The van der Waals surface area contributed by atoms with Crippen LogP contribution in [0.25, 0.3) is 6.08 Å². The molecule has 3 aromatic rings. The van der Waals surface area contributed by atoms with Gasteiger partial charge >= 0.3 is 0 Å². The van der Waals surface area contributed by atoms with E-state index < -0.39 is 0 Å². The van der Waals surface area contributed by atoms with Gasteiger partial charge in [0.25, 0.3) is 5.91 Å². The molecule has 0 radical (unpaired) electrons. The lowest BCUT2D eigenvalue weighted by molar-refractivity contribution is -0.118. The summed E-state index contributed by atoms with van der Waals surface area (Å²) < 4.78 is 26.9. The second-order valence-electron chi connectivity index (χ2n) is 7.41. The van der Waals surface area contributed by atoms with Crippen molar-refractivity contribution in [1.82, 2.24) is 0 Å². The number of rotatable bonds is 11. The van der Waals surface area contributed by atoms with Crippen LogP contribution in [0, 0.1) is 0 Å². The molecule has 0 bridgehead atoms. The molecular formula is C27H27NO8. The molecule has 1 amide bonds. The van der Waals surface area contributed by atoms with E-state index >= 15 is 0 Å². The maximum atomic E-state index is 12.8. The van der Waals surface area contributed by atoms with E-state index in [1.165, 1.54) is 46.6 Å². The SMILES string of the molecule is COc1ccc(/C=C/C(=O)c2cc(OC)c(OC)c(OC)c2)cc1OCC(=O)Nc1ccc(O)cc1. The summed E-state index contributed by atoms with van der Waals surface area (Å²) in [6, 6.07) is 14.3. The lowest BCUT2D eigenvalue weighted by Gasteiger charge is -2.13. The number of methoxy groups -OCH3 is 4. The molecule has 0 saturated heterocycles. The van der Waals surface area contributed by atoms with E-state index in [1.807, 2.05) is 0 Å². The first-order chi connectivity index (χ1) is 17.4. The third-order valence-corrected chi connectivity index (χ3v) is 5.07. The van der Waals surface area contributed by atoms with Crippen LogP contribution >= 0.6 is 0 Å². The van der Waals surface area contributed by atoms with Crippen LogP contribution in [-0.4, -0.2) is 51.8 Å². The standard InChI is InChI=1S/C27H27NO8/c1-32-22-12-6-17(13-23(22)36-16-26(31)28-19-7-9-20(29)10-8-19)5-11-21(30)18-14-24(33-2)27(35-4)25(15-18)34-3/h5-15,29H,16H2,1-4H3,(H,28,31)/b11-5+. The normalized spacial score (nSPS) is 10.6. The van der Waals surface area contributed by atoms with Gasteiger partial charge in [-0.2, -0.15) is 0 Å². The van der Waals surface area contributed by atoms with Crippen molar-refractivity contribution in [3.63, 3.8) is 0 Å². The number of phenolic OH excluding ortho intramolecular Hbond substituents is 1. The van der Waals surface area contributed by atoms with Crippen LogP contribution in [-0.2, 0) is 4.79 Å². The zero-order valence-corrected chi connectivity index (χ0v) is 20.4. The van der Waals surface area contributed by atoms with E-state index in [4.69, 9.17) is 23.7 Å². The number of anilines is 1. The number of carbonyl (C=O) groups is 2. The third-order valence-electron chi connectivity index (χ3n) is 5.07. The van der Waals surface area contributed by atoms with Gasteiger partial charge in [0.05, 0.1) is 28.4 Å². The number of amides is 1. The number of hydrogen-bond donors (Lipinski definition) is 2. The first-order valence-corrected chi connectivity index (χ1v) is 10.8. The van der Waals surface area contributed by atoms with Crippen LogP contribution in [0.5, 0.6) is 34.5 Å². The van der Waals surface area contributed by atoms with E-state index in [1.54, 1.807) is 48.5 Å². The van der Waals surface area contributed by atoms with Crippen LogP contribution < -0.4 is 29.0 Å². The molecule has 0 aliphatic heterocycles. The zero-order valence-electron chi connectivity index (χ0n) is 20.4. The Morgan fingerprint density at radius 3 is 2.03 bits per heavy atom. The summed E-state index contributed by atoms with van der Waals surface area (Å²) >= 11 is 0. The Labute approximate surface area is 208 Å². The summed E-state index contributed by atoms with van der Waals surface area (Å²) in [6.45, 7) is -0.269. The van der Waals surface area contributed by atoms with Crippen LogP contribution in [0.1, 0.15) is 15.9 Å². The number of carbonyl (C=O) groups excluding carboxylic acids is 2. The number of aromatic hydroxyl groups is 1. The van der Waals surface area contributed by atoms with Gasteiger partial charge in [-0.05, 0) is 60.2 Å². The summed E-state index contributed by atoms with van der Waals surface area (Å²) in [5.74, 6) is 1.34. The molecule has 0 fully saturated rings. The van der Waals surface area contributed by atoms with Crippen LogP contribution in [0.2, 0.25) is 0 Å². The van der Waals surface area contributed by atoms with E-state index in [0.29, 0.717) is 45.6 Å². The van der Waals surface area contributed by atoms with Crippen LogP contribution in [0.4, 0.5) is 5.69 Å². The molecule has 9 nitrogen and oxygen atoms in total. The monoisotopic (exact) mass is 493 g/mol. The molecule has 0 atom stereocenters. The number of benzene rings is 3. The van der Waals surface area contributed by atoms with Gasteiger partial charge in [0.1, 0.15) is 5.75 Å². The van der Waals surface area contributed by atoms with E-state index in [2.05, 4.69) is 5.32 Å². The highest BCUT2D eigenvalue weighted by atomic mass is 16.5. The minimum atomic E-state index is -0.388. The summed E-state index contributed by atoms with van der Waals surface area (Å²) in [4.78, 5) is 25.1. The Kier molecular flexibility index (Phi) is 8.77. The quantitative estimate of drug-likeness (QED) is 0.230. The van der Waals surface area contributed by atoms with E-state index in [-0.39, 0.29) is 24.0 Å². The van der Waals surface area contributed by atoms with Gasteiger partial charge in [-0.3, -0.25) is 9.59 Å². The molecular weight excluding hydrogens is 466 g/mol. The number of ketones is 1. The Balaban J connectivity index is 1.72. The number of allylic oxidation sites excluding steroid dienone is 1. The fourth-order valence-corrected chi connectivity index (χ4v) is 3.29. The Morgan fingerprint density at radius 2 is 1.44 bits per heavy atom. The lowest BCUT2D eigenvalue weighted by Crippen LogP contribution is -2.20. The van der Waals surface area contributed by atoms with Crippen LogP contribution in [0.15, 0.2) is 60.7 Å². The van der Waals surface area contributed by atoms with Gasteiger partial charge in [0.15, 0.2) is 35.4 Å². The second-order valence-corrected chi connectivity index (χ2v) is 7.41. The van der Waals surface area contributed by atoms with Crippen LogP contribution in [0.3, 0.4) is 0 Å². The van der Waals surface area contributed by atoms with E-state index in [0.717, 1.165) is 0 Å². The first kappa shape index (κ1) is 26.0. The number of ether oxygens (including phenoxy) is 5. The molecule has 0 saturated carbocycles. The molecule has 36 heavy (non-hydrogen) atoms. The minimum absolute atomic E-state index is 0.0996. The van der Waals surface area contributed by atoms with Crippen molar-refractivity contribution in [2.45, 2.75) is 0 Å². The minimum Gasteiger partial charge on any atom is -0.508 e. The molecule has 3 rings (SSSR count). The largest absolute Gasteiger partial charge is 0.508 e. The fraction of sp³-hybridized carbons (Fsp3) is 0.185. The molecule has 3 aromatic carbocycles. The number of nitrogens with one attached hydrogen (secondary N) is 1. The third kappa shape index (κ3) is 6.47. The Morgan fingerprint density at radius 1 is 0.806 bits per heavy atom. The van der Waals surface area contributed by atoms with Crippen molar-refractivity contribution in [3.05, 3.63) is 71.8 Å². The number of hydrogen-bond acceptors (Lipinski definition) is 8. The summed E-state index contributed by atoms with van der Waals surface area (Å²) in [7, 11) is 5.93. The van der Waals surface area contributed by atoms with Crippen molar-refractivity contribution < 1.29 is 38.4 Å². The summed E-state index contributed by atoms with van der Waals surface area (Å²) in [5.41, 5.74) is 1.54. The summed E-state index contributed by atoms with van der Waals surface area (Å²) in [6.07, 6.45) is 3.03. The zero-order chi connectivity index (χ0) is 26.1. The fourth-order valence-electron chi connectivity index (χ4n) is 3.29. The van der Waals surface area contributed by atoms with Gasteiger partial charge < -0.3 is 34.1 Å². The van der Waals surface area contributed by atoms with Crippen molar-refractivity contribution in [3.8, 4) is 34.5 Å². The summed E-state index contributed by atoms with van der Waals surface area (Å²) in [5, 5.41) is 12.0. The second kappa shape index (κ2) is 12.2. The average Bonchev–Trinajstić information content (AvgIpc) is 2.90. The highest BCUT2D eigenvalue weighted by molar-refractivity contribution is 6.07. The maximum absolute atomic E-state index is 12.8. The lowest BCUT2D eigenvalue weighted by atomic mass is 10.1. The molecule has 0 unspecified atom stereocenters. The molecule has 2 N–H and O–H groups in total. The van der Waals surface area contributed by atoms with Gasteiger partial charge in [-0.25, -0.2) is 0 Å². The number of phenols is 1. The first-order valence-electron chi connectivity index (χ1n) is 10.8. The molecule has 0 aliphatic rings. The maximum Gasteiger partial charge on any atom is 0.262 e. The molecule has 188 valence electrons. The molecule has 0 aliphatic carbocycles. The van der Waals surface area contributed by atoms with Crippen molar-refractivity contribution >= 4 is 23.5 Å². The van der Waals surface area contributed by atoms with E-state index in [9.17, 15) is 14.7 Å². The molecule has 0 aromatic heterocycles. The van der Waals surface area contributed by atoms with Crippen molar-refractivity contribution in [1.29, 1.82) is 0 Å². The molecule has 0 spiro atoms. The smallest absolute Gasteiger partial charge is 0.262 e. The van der Waals surface area contributed by atoms with Gasteiger partial charge in [0.2, 0.25) is 5.75 Å². The predicted molar refractivity (Wildman–Crippen MR) is 135 cm³/mol. The van der Waals surface area contributed by atoms with Gasteiger partial charge in [0, 0.05) is 11.3 Å². The topological polar surface area (TPSA) is 113 Å². The highest BCUT2D eigenvalue weighted by Crippen LogP contribution is 2.38. The Hall–Kier alpha value is -4.66. The average molecular weight is 494 g/mol. The molecule has 0 heterocycles. The highest BCUT2D eigenvalue weighted by Gasteiger charge is 2.16. The Bertz CT molecular complexity index is 1230. The van der Waals surface area contributed by atoms with Gasteiger partial charge in [-0.15, -0.1) is 0 Å². The molecule has 9 heteroatoms. The van der Waals surface area contributed by atoms with Gasteiger partial charge in [-0.1, -0.05) is 12.1 Å².